The molecule has 1 aliphatic rings. The number of hydrogen-bond donors (Lipinski definition) is 3. The van der Waals surface area contributed by atoms with Gasteiger partial charge in [0.1, 0.15) is 6.04 Å². The average Bonchev–Trinajstić information content (AvgIpc) is 3.03. The van der Waals surface area contributed by atoms with E-state index in [-0.39, 0.29) is 18.7 Å². The number of nitrogens with one attached hydrogen (secondary N) is 2. The van der Waals surface area contributed by atoms with Gasteiger partial charge in [0.2, 0.25) is 18.2 Å². The zero-order valence-corrected chi connectivity index (χ0v) is 27.0. The summed E-state index contributed by atoms with van der Waals surface area (Å²) >= 11 is 0. The number of halogens is 3. The highest BCUT2D eigenvalue weighted by molar-refractivity contribution is 5.88. The maximum absolute atomic E-state index is 13.8. The van der Waals surface area contributed by atoms with Crippen LogP contribution in [-0.2, 0) is 27.2 Å². The molecule has 3 amide bonds. The molecule has 0 bridgehead atoms. The summed E-state index contributed by atoms with van der Waals surface area (Å²) in [6, 6.07) is 24.5. The summed E-state index contributed by atoms with van der Waals surface area (Å²) in [5.41, 5.74) is 7.96. The molecule has 0 aliphatic carbocycles. The molecular weight excluding hydrogens is 593 g/mol. The standard InChI is InChI=1S/C31H39N3O2.C3H7NO.C2H3F3/c32-18-8-2-5-15-30(35)33-29(22-25-16-17-27-13-6-7-14-28(27)21-25)31(36)34-19-9-12-26(23-34)20-24-10-3-1-4-11-24;1-2-4-3-5;1-2(3,4)5/h1,3-4,6-7,10-11,13-14,16-17,21,26,29H,2,5,8-9,12,15,18-20,22-23,32H2,(H,33,35);3H,2H2,1H3,(H,4,5);1H3. The van der Waals surface area contributed by atoms with E-state index in [1.54, 1.807) is 0 Å². The Bertz CT molecular complexity index is 1310. The molecule has 252 valence electrons. The predicted octanol–water partition coefficient (Wildman–Crippen LogP) is 6.19. The Morgan fingerprint density at radius 3 is 2.28 bits per heavy atom. The Hall–Kier alpha value is -3.92. The lowest BCUT2D eigenvalue weighted by molar-refractivity contribution is -0.138. The van der Waals surface area contributed by atoms with Gasteiger partial charge in [-0.15, -0.1) is 0 Å². The molecule has 7 nitrogen and oxygen atoms in total. The van der Waals surface area contributed by atoms with Gasteiger partial charge in [0.05, 0.1) is 0 Å². The van der Waals surface area contributed by atoms with Crippen molar-refractivity contribution < 1.29 is 27.6 Å². The Labute approximate surface area is 271 Å². The number of amides is 3. The van der Waals surface area contributed by atoms with Crippen LogP contribution in [0.25, 0.3) is 10.8 Å². The predicted molar refractivity (Wildman–Crippen MR) is 178 cm³/mol. The molecule has 2 unspecified atom stereocenters. The van der Waals surface area contributed by atoms with Gasteiger partial charge in [0, 0.05) is 39.4 Å². The van der Waals surface area contributed by atoms with Crippen molar-refractivity contribution in [1.82, 2.24) is 15.5 Å². The molecule has 3 aromatic carbocycles. The van der Waals surface area contributed by atoms with E-state index < -0.39 is 12.2 Å². The summed E-state index contributed by atoms with van der Waals surface area (Å²) < 4.78 is 31.1. The fourth-order valence-electron chi connectivity index (χ4n) is 5.36. The highest BCUT2D eigenvalue weighted by Crippen LogP contribution is 2.23. The third kappa shape index (κ3) is 15.9. The Kier molecular flexibility index (Phi) is 17.5. The monoisotopic (exact) mass is 642 g/mol. The molecule has 0 aromatic heterocycles. The van der Waals surface area contributed by atoms with Gasteiger partial charge in [-0.05, 0) is 73.4 Å². The van der Waals surface area contributed by atoms with Gasteiger partial charge < -0.3 is 21.3 Å². The van der Waals surface area contributed by atoms with Gasteiger partial charge in [-0.2, -0.15) is 13.2 Å². The highest BCUT2D eigenvalue weighted by atomic mass is 19.4. The average molecular weight is 643 g/mol. The number of unbranched alkanes of at least 4 members (excludes halogenated alkanes) is 2. The summed E-state index contributed by atoms with van der Waals surface area (Å²) in [6.45, 7) is 4.92. The number of fused-ring (bicyclic) bond motifs is 1. The molecule has 0 saturated carbocycles. The third-order valence-electron chi connectivity index (χ3n) is 7.48. The topological polar surface area (TPSA) is 105 Å². The number of nitrogens with zero attached hydrogens (tertiary/aromatic N) is 1. The summed E-state index contributed by atoms with van der Waals surface area (Å²) in [5.74, 6) is 0.429. The first-order valence-corrected chi connectivity index (χ1v) is 16.1. The summed E-state index contributed by atoms with van der Waals surface area (Å²) in [4.78, 5) is 37.8. The van der Waals surface area contributed by atoms with Crippen molar-refractivity contribution in [1.29, 1.82) is 0 Å². The van der Waals surface area contributed by atoms with Crippen molar-refractivity contribution in [2.75, 3.05) is 26.2 Å². The number of rotatable bonds is 13. The second-order valence-electron chi connectivity index (χ2n) is 11.5. The second kappa shape index (κ2) is 21.0. The van der Waals surface area contributed by atoms with Crippen molar-refractivity contribution in [3.63, 3.8) is 0 Å². The quantitative estimate of drug-likeness (QED) is 0.153. The van der Waals surface area contributed by atoms with E-state index in [1.165, 1.54) is 10.9 Å². The van der Waals surface area contributed by atoms with E-state index in [4.69, 9.17) is 5.73 Å². The molecule has 1 saturated heterocycles. The van der Waals surface area contributed by atoms with Gasteiger partial charge >= 0.3 is 6.18 Å². The van der Waals surface area contributed by atoms with Crippen molar-refractivity contribution in [2.45, 2.75) is 77.4 Å². The number of hydrogen-bond acceptors (Lipinski definition) is 4. The van der Waals surface area contributed by atoms with Crippen LogP contribution in [0.5, 0.6) is 0 Å². The van der Waals surface area contributed by atoms with Crippen LogP contribution in [0, 0.1) is 5.92 Å². The minimum Gasteiger partial charge on any atom is -0.359 e. The second-order valence-corrected chi connectivity index (χ2v) is 11.5. The number of likely N-dealkylation sites (tertiary alicyclic amines) is 1. The van der Waals surface area contributed by atoms with E-state index in [0.29, 0.717) is 31.7 Å². The van der Waals surface area contributed by atoms with Crippen LogP contribution >= 0.6 is 0 Å². The molecule has 3 aromatic rings. The van der Waals surface area contributed by atoms with E-state index in [0.717, 1.165) is 69.1 Å². The van der Waals surface area contributed by atoms with Crippen molar-refractivity contribution in [3.05, 3.63) is 83.9 Å². The first kappa shape index (κ1) is 38.3. The molecule has 2 atom stereocenters. The van der Waals surface area contributed by atoms with Gasteiger partial charge in [0.15, 0.2) is 0 Å². The lowest BCUT2D eigenvalue weighted by Crippen LogP contribution is -2.52. The summed E-state index contributed by atoms with van der Waals surface area (Å²) in [6.07, 6.45) is 3.36. The molecule has 0 spiro atoms. The van der Waals surface area contributed by atoms with Crippen molar-refractivity contribution in [2.24, 2.45) is 11.7 Å². The maximum atomic E-state index is 13.8. The number of carbonyl (C=O) groups excluding carboxylic acids is 3. The normalized spacial score (nSPS) is 15.0. The number of piperidine rings is 1. The van der Waals surface area contributed by atoms with E-state index in [1.807, 2.05) is 30.0 Å². The molecule has 10 heteroatoms. The molecule has 0 radical (unpaired) electrons. The minimum absolute atomic E-state index is 0.0382. The molecule has 1 aliphatic heterocycles. The van der Waals surface area contributed by atoms with Crippen LogP contribution in [0.3, 0.4) is 0 Å². The van der Waals surface area contributed by atoms with Crippen molar-refractivity contribution >= 4 is 29.0 Å². The fraction of sp³-hybridized carbons (Fsp3) is 0.472. The number of nitrogens with two attached hydrogens (primary N) is 1. The van der Waals surface area contributed by atoms with Crippen LogP contribution in [0.4, 0.5) is 13.2 Å². The van der Waals surface area contributed by atoms with Gasteiger partial charge in [-0.3, -0.25) is 14.4 Å². The largest absolute Gasteiger partial charge is 0.386 e. The summed E-state index contributed by atoms with van der Waals surface area (Å²) in [7, 11) is 0. The first-order valence-electron chi connectivity index (χ1n) is 16.1. The lowest BCUT2D eigenvalue weighted by Gasteiger charge is -2.35. The molecule has 4 N–H and O–H groups in total. The van der Waals surface area contributed by atoms with Crippen LogP contribution < -0.4 is 16.4 Å². The number of carbonyl (C=O) groups is 3. The highest BCUT2D eigenvalue weighted by Gasteiger charge is 2.30. The third-order valence-corrected chi connectivity index (χ3v) is 7.48. The number of benzene rings is 3. The van der Waals surface area contributed by atoms with Gasteiger partial charge in [-0.25, -0.2) is 0 Å². The fourth-order valence-corrected chi connectivity index (χ4v) is 5.36. The zero-order chi connectivity index (χ0) is 33.8. The molecule has 4 rings (SSSR count). The van der Waals surface area contributed by atoms with Gasteiger partial charge in [-0.1, -0.05) is 79.2 Å². The molecule has 46 heavy (non-hydrogen) atoms. The van der Waals surface area contributed by atoms with Gasteiger partial charge in [0.25, 0.3) is 0 Å². The maximum Gasteiger partial charge on any atom is 0.386 e. The molecule has 1 fully saturated rings. The zero-order valence-electron chi connectivity index (χ0n) is 27.0. The van der Waals surface area contributed by atoms with Crippen LogP contribution in [0.15, 0.2) is 72.8 Å². The van der Waals surface area contributed by atoms with E-state index in [9.17, 15) is 27.6 Å². The molecule has 1 heterocycles. The van der Waals surface area contributed by atoms with Crippen LogP contribution in [0.1, 0.15) is 63.5 Å². The van der Waals surface area contributed by atoms with E-state index in [2.05, 4.69) is 65.2 Å². The van der Waals surface area contributed by atoms with Crippen LogP contribution in [-0.4, -0.2) is 61.5 Å². The van der Waals surface area contributed by atoms with E-state index >= 15 is 0 Å². The lowest BCUT2D eigenvalue weighted by atomic mass is 9.90. The summed E-state index contributed by atoms with van der Waals surface area (Å²) in [5, 5.41) is 7.84. The Balaban J connectivity index is 0.000000642. The first-order chi connectivity index (χ1) is 22.0. The number of alkyl halides is 3. The smallest absolute Gasteiger partial charge is 0.359 e. The molecular formula is C36H49F3N4O3. The van der Waals surface area contributed by atoms with Crippen LogP contribution in [0.2, 0.25) is 0 Å². The Morgan fingerprint density at radius 2 is 1.65 bits per heavy atom. The SMILES string of the molecule is CC(F)(F)F.CCNC=O.NCCCCCC(=O)NC(Cc1ccc2ccccc2c1)C(=O)N1CCCC(Cc2ccccc2)C1. The minimum atomic E-state index is -4.00. The Morgan fingerprint density at radius 1 is 0.978 bits per heavy atom. The van der Waals surface area contributed by atoms with Crippen molar-refractivity contribution in [3.8, 4) is 0 Å².